The lowest BCUT2D eigenvalue weighted by molar-refractivity contribution is 0.468. The van der Waals surface area contributed by atoms with Crippen LogP contribution in [0.15, 0.2) is 18.2 Å². The van der Waals surface area contributed by atoms with E-state index in [0.717, 1.165) is 19.3 Å². The number of rotatable bonds is 3. The van der Waals surface area contributed by atoms with Gasteiger partial charge in [-0.3, -0.25) is 0 Å². The SMILES string of the molecule is CNC1CCC(Cc2cccc(F)c2F)C1. The lowest BCUT2D eigenvalue weighted by Crippen LogP contribution is -2.21. The van der Waals surface area contributed by atoms with Crippen LogP contribution in [0, 0.1) is 17.6 Å². The van der Waals surface area contributed by atoms with E-state index in [2.05, 4.69) is 5.32 Å². The molecule has 0 amide bonds. The first kappa shape index (κ1) is 11.5. The molecule has 1 N–H and O–H groups in total. The maximum Gasteiger partial charge on any atom is 0.162 e. The van der Waals surface area contributed by atoms with Gasteiger partial charge in [0.1, 0.15) is 0 Å². The molecule has 2 rings (SSSR count). The third-order valence-electron chi connectivity index (χ3n) is 3.49. The van der Waals surface area contributed by atoms with E-state index in [1.54, 1.807) is 12.1 Å². The molecule has 2 atom stereocenters. The fraction of sp³-hybridized carbons (Fsp3) is 0.538. The molecule has 1 nitrogen and oxygen atoms in total. The molecule has 0 radical (unpaired) electrons. The second-order valence-electron chi connectivity index (χ2n) is 4.58. The normalized spacial score (nSPS) is 24.9. The van der Waals surface area contributed by atoms with Crippen molar-refractivity contribution < 1.29 is 8.78 Å². The highest BCUT2D eigenvalue weighted by Crippen LogP contribution is 2.29. The lowest BCUT2D eigenvalue weighted by atomic mass is 9.97. The maximum atomic E-state index is 13.4. The molecule has 1 aromatic rings. The average Bonchev–Trinajstić information content (AvgIpc) is 2.73. The van der Waals surface area contributed by atoms with Crippen LogP contribution < -0.4 is 5.32 Å². The van der Waals surface area contributed by atoms with Crippen molar-refractivity contribution in [3.63, 3.8) is 0 Å². The standard InChI is InChI=1S/C13H17F2N/c1-16-11-6-5-9(8-11)7-10-3-2-4-12(14)13(10)15/h2-4,9,11,16H,5-8H2,1H3. The zero-order valence-corrected chi connectivity index (χ0v) is 9.47. The van der Waals surface area contributed by atoms with Crippen molar-refractivity contribution in [2.24, 2.45) is 5.92 Å². The summed E-state index contributed by atoms with van der Waals surface area (Å²) in [7, 11) is 1.95. The van der Waals surface area contributed by atoms with Gasteiger partial charge in [-0.15, -0.1) is 0 Å². The summed E-state index contributed by atoms with van der Waals surface area (Å²) in [4.78, 5) is 0. The molecule has 0 heterocycles. The van der Waals surface area contributed by atoms with Crippen LogP contribution in [0.3, 0.4) is 0 Å². The van der Waals surface area contributed by atoms with Crippen molar-refractivity contribution in [1.29, 1.82) is 0 Å². The summed E-state index contributed by atoms with van der Waals surface area (Å²) >= 11 is 0. The molecule has 0 spiro atoms. The Balaban J connectivity index is 2.02. The Labute approximate surface area is 94.9 Å². The second kappa shape index (κ2) is 4.91. The fourth-order valence-electron chi connectivity index (χ4n) is 2.54. The Kier molecular flexibility index (Phi) is 3.54. The van der Waals surface area contributed by atoms with E-state index in [1.807, 2.05) is 7.05 Å². The Morgan fingerprint density at radius 2 is 2.12 bits per heavy atom. The molecule has 16 heavy (non-hydrogen) atoms. The van der Waals surface area contributed by atoms with Gasteiger partial charge in [0.25, 0.3) is 0 Å². The Hall–Kier alpha value is -0.960. The van der Waals surface area contributed by atoms with E-state index in [0.29, 0.717) is 23.9 Å². The summed E-state index contributed by atoms with van der Waals surface area (Å²) in [6.45, 7) is 0. The highest BCUT2D eigenvalue weighted by atomic mass is 19.2. The third-order valence-corrected chi connectivity index (χ3v) is 3.49. The molecule has 0 aromatic heterocycles. The van der Waals surface area contributed by atoms with Crippen LogP contribution in [0.25, 0.3) is 0 Å². The number of hydrogen-bond acceptors (Lipinski definition) is 1. The van der Waals surface area contributed by atoms with Crippen LogP contribution in [0.1, 0.15) is 24.8 Å². The quantitative estimate of drug-likeness (QED) is 0.834. The van der Waals surface area contributed by atoms with Crippen LogP contribution in [0.4, 0.5) is 8.78 Å². The summed E-state index contributed by atoms with van der Waals surface area (Å²) in [5.74, 6) is -0.926. The van der Waals surface area contributed by atoms with Crippen molar-refractivity contribution in [2.75, 3.05) is 7.05 Å². The minimum absolute atomic E-state index is 0.480. The first-order valence-corrected chi connectivity index (χ1v) is 5.81. The van der Waals surface area contributed by atoms with Gasteiger partial charge < -0.3 is 5.32 Å². The molecule has 1 saturated carbocycles. The van der Waals surface area contributed by atoms with Crippen molar-refractivity contribution in [3.05, 3.63) is 35.4 Å². The maximum absolute atomic E-state index is 13.4. The van der Waals surface area contributed by atoms with E-state index in [4.69, 9.17) is 0 Å². The van der Waals surface area contributed by atoms with Crippen molar-refractivity contribution >= 4 is 0 Å². The van der Waals surface area contributed by atoms with Gasteiger partial charge in [-0.1, -0.05) is 12.1 Å². The molecular formula is C13H17F2N. The van der Waals surface area contributed by atoms with Gasteiger partial charge in [0.05, 0.1) is 0 Å². The first-order chi connectivity index (χ1) is 7.70. The van der Waals surface area contributed by atoms with Crippen molar-refractivity contribution in [2.45, 2.75) is 31.7 Å². The molecule has 0 saturated heterocycles. The Morgan fingerprint density at radius 3 is 2.81 bits per heavy atom. The molecule has 3 heteroatoms. The minimum atomic E-state index is -0.735. The Bertz CT molecular complexity index is 365. The van der Waals surface area contributed by atoms with E-state index in [-0.39, 0.29) is 0 Å². The molecule has 1 aliphatic carbocycles. The van der Waals surface area contributed by atoms with Gasteiger partial charge >= 0.3 is 0 Å². The minimum Gasteiger partial charge on any atom is -0.317 e. The molecule has 1 fully saturated rings. The summed E-state index contributed by atoms with van der Waals surface area (Å²) in [6.07, 6.45) is 3.95. The number of halogens is 2. The predicted octanol–water partition coefficient (Wildman–Crippen LogP) is 2.90. The largest absolute Gasteiger partial charge is 0.317 e. The average molecular weight is 225 g/mol. The monoisotopic (exact) mass is 225 g/mol. The zero-order chi connectivity index (χ0) is 11.5. The Morgan fingerprint density at radius 1 is 1.31 bits per heavy atom. The van der Waals surface area contributed by atoms with Crippen molar-refractivity contribution in [3.8, 4) is 0 Å². The van der Waals surface area contributed by atoms with Gasteiger partial charge in [-0.05, 0) is 50.3 Å². The highest BCUT2D eigenvalue weighted by molar-refractivity contribution is 5.19. The van der Waals surface area contributed by atoms with Crippen LogP contribution >= 0.6 is 0 Å². The number of nitrogens with one attached hydrogen (secondary N) is 1. The smallest absolute Gasteiger partial charge is 0.162 e. The van der Waals surface area contributed by atoms with Crippen molar-refractivity contribution in [1.82, 2.24) is 5.32 Å². The van der Waals surface area contributed by atoms with Gasteiger partial charge in [-0.25, -0.2) is 8.78 Å². The molecular weight excluding hydrogens is 208 g/mol. The highest BCUT2D eigenvalue weighted by Gasteiger charge is 2.24. The van der Waals surface area contributed by atoms with Gasteiger partial charge in [0.15, 0.2) is 11.6 Å². The van der Waals surface area contributed by atoms with E-state index in [9.17, 15) is 8.78 Å². The molecule has 88 valence electrons. The molecule has 2 unspecified atom stereocenters. The molecule has 0 aliphatic heterocycles. The van der Waals surface area contributed by atoms with Crippen LogP contribution in [0.2, 0.25) is 0 Å². The van der Waals surface area contributed by atoms with E-state index in [1.165, 1.54) is 6.07 Å². The number of benzene rings is 1. The zero-order valence-electron chi connectivity index (χ0n) is 9.47. The molecule has 1 aliphatic rings. The van der Waals surface area contributed by atoms with Gasteiger partial charge in [0.2, 0.25) is 0 Å². The van der Waals surface area contributed by atoms with Crippen LogP contribution in [-0.4, -0.2) is 13.1 Å². The first-order valence-electron chi connectivity index (χ1n) is 5.81. The molecule has 1 aromatic carbocycles. The second-order valence-corrected chi connectivity index (χ2v) is 4.58. The fourth-order valence-corrected chi connectivity index (χ4v) is 2.54. The topological polar surface area (TPSA) is 12.0 Å². The summed E-state index contributed by atoms with van der Waals surface area (Å²) in [5.41, 5.74) is 0.516. The third kappa shape index (κ3) is 2.40. The van der Waals surface area contributed by atoms with Gasteiger partial charge in [-0.2, -0.15) is 0 Å². The van der Waals surface area contributed by atoms with Crippen LogP contribution in [-0.2, 0) is 6.42 Å². The van der Waals surface area contributed by atoms with E-state index >= 15 is 0 Å². The molecule has 0 bridgehead atoms. The van der Waals surface area contributed by atoms with Crippen LogP contribution in [0.5, 0.6) is 0 Å². The summed E-state index contributed by atoms with van der Waals surface area (Å²) in [5, 5.41) is 3.24. The van der Waals surface area contributed by atoms with Gasteiger partial charge in [0, 0.05) is 6.04 Å². The van der Waals surface area contributed by atoms with E-state index < -0.39 is 11.6 Å². The summed E-state index contributed by atoms with van der Waals surface area (Å²) in [6, 6.07) is 4.98. The number of hydrogen-bond donors (Lipinski definition) is 1. The predicted molar refractivity (Wildman–Crippen MR) is 60.3 cm³/mol. The summed E-state index contributed by atoms with van der Waals surface area (Å²) < 4.78 is 26.5. The lowest BCUT2D eigenvalue weighted by Gasteiger charge is -2.11.